The third-order valence-electron chi connectivity index (χ3n) is 3.17. The standard InChI is InChI=1S/C15H26N2O/c1-14-8-3-4-9-15(14)17(12-7-10-16)11-5-2-6-13-18/h3-4,8-9,18H,2,5-7,10-13,16H2,1H3. The zero-order chi connectivity index (χ0) is 13.2. The Kier molecular flexibility index (Phi) is 7.46. The van der Waals surface area contributed by atoms with E-state index >= 15 is 0 Å². The minimum Gasteiger partial charge on any atom is -0.396 e. The lowest BCUT2D eigenvalue weighted by molar-refractivity contribution is 0.283. The first-order valence-corrected chi connectivity index (χ1v) is 6.91. The Bertz CT molecular complexity index is 328. The van der Waals surface area contributed by atoms with Gasteiger partial charge in [0.1, 0.15) is 0 Å². The molecule has 18 heavy (non-hydrogen) atoms. The number of nitrogens with two attached hydrogens (primary N) is 1. The highest BCUT2D eigenvalue weighted by Gasteiger charge is 2.07. The van der Waals surface area contributed by atoms with Crippen molar-refractivity contribution in [1.82, 2.24) is 0 Å². The molecule has 0 spiro atoms. The number of para-hydroxylation sites is 1. The lowest BCUT2D eigenvalue weighted by Crippen LogP contribution is -2.27. The van der Waals surface area contributed by atoms with Gasteiger partial charge in [0.2, 0.25) is 0 Å². The number of rotatable bonds is 9. The largest absolute Gasteiger partial charge is 0.396 e. The first-order chi connectivity index (χ1) is 8.79. The zero-order valence-corrected chi connectivity index (χ0v) is 11.4. The van der Waals surface area contributed by atoms with Crippen LogP contribution in [0.1, 0.15) is 31.2 Å². The fourth-order valence-electron chi connectivity index (χ4n) is 2.14. The Labute approximate surface area is 111 Å². The molecule has 0 unspecified atom stereocenters. The van der Waals surface area contributed by atoms with Gasteiger partial charge in [-0.25, -0.2) is 0 Å². The Hall–Kier alpha value is -1.06. The molecule has 0 aliphatic rings. The van der Waals surface area contributed by atoms with E-state index in [1.807, 2.05) is 0 Å². The summed E-state index contributed by atoms with van der Waals surface area (Å²) in [4.78, 5) is 2.42. The fourth-order valence-corrected chi connectivity index (χ4v) is 2.14. The van der Waals surface area contributed by atoms with Crippen molar-refractivity contribution in [3.63, 3.8) is 0 Å². The lowest BCUT2D eigenvalue weighted by Gasteiger charge is -2.26. The molecule has 0 heterocycles. The zero-order valence-electron chi connectivity index (χ0n) is 11.4. The highest BCUT2D eigenvalue weighted by Crippen LogP contribution is 2.20. The molecule has 0 aromatic heterocycles. The van der Waals surface area contributed by atoms with E-state index in [1.54, 1.807) is 0 Å². The van der Waals surface area contributed by atoms with Crippen molar-refractivity contribution in [3.8, 4) is 0 Å². The van der Waals surface area contributed by atoms with Gasteiger partial charge in [0.05, 0.1) is 0 Å². The van der Waals surface area contributed by atoms with Crippen LogP contribution < -0.4 is 10.6 Å². The van der Waals surface area contributed by atoms with E-state index in [4.69, 9.17) is 10.8 Å². The summed E-state index contributed by atoms with van der Waals surface area (Å²) < 4.78 is 0. The Balaban J connectivity index is 2.57. The number of benzene rings is 1. The van der Waals surface area contributed by atoms with Crippen LogP contribution in [0, 0.1) is 6.92 Å². The third-order valence-corrected chi connectivity index (χ3v) is 3.17. The maximum absolute atomic E-state index is 8.80. The first-order valence-electron chi connectivity index (χ1n) is 6.91. The molecule has 0 saturated heterocycles. The van der Waals surface area contributed by atoms with Gasteiger partial charge in [0, 0.05) is 25.4 Å². The molecule has 0 aliphatic carbocycles. The molecule has 0 saturated carbocycles. The monoisotopic (exact) mass is 250 g/mol. The summed E-state index contributed by atoms with van der Waals surface area (Å²) in [5.41, 5.74) is 8.24. The molecule has 1 aromatic rings. The average molecular weight is 250 g/mol. The Morgan fingerprint density at radius 2 is 1.78 bits per heavy atom. The van der Waals surface area contributed by atoms with Crippen molar-refractivity contribution < 1.29 is 5.11 Å². The van der Waals surface area contributed by atoms with Crippen LogP contribution in [0.5, 0.6) is 0 Å². The molecule has 1 rings (SSSR count). The number of aliphatic hydroxyl groups is 1. The van der Waals surface area contributed by atoms with Crippen molar-refractivity contribution in [1.29, 1.82) is 0 Å². The van der Waals surface area contributed by atoms with Crippen molar-refractivity contribution >= 4 is 5.69 Å². The SMILES string of the molecule is Cc1ccccc1N(CCCN)CCCCCO. The number of unbranched alkanes of at least 4 members (excludes halogenated alkanes) is 2. The van der Waals surface area contributed by atoms with E-state index in [0.29, 0.717) is 6.61 Å². The smallest absolute Gasteiger partial charge is 0.0431 e. The molecule has 3 heteroatoms. The van der Waals surface area contributed by atoms with Crippen LogP contribution in [-0.2, 0) is 0 Å². The number of aryl methyl sites for hydroxylation is 1. The van der Waals surface area contributed by atoms with Crippen molar-refractivity contribution in [2.45, 2.75) is 32.6 Å². The average Bonchev–Trinajstić information content (AvgIpc) is 2.39. The summed E-state index contributed by atoms with van der Waals surface area (Å²) in [6, 6.07) is 8.49. The molecule has 3 N–H and O–H groups in total. The minimum absolute atomic E-state index is 0.299. The van der Waals surface area contributed by atoms with Gasteiger partial charge in [0.25, 0.3) is 0 Å². The molecule has 0 amide bonds. The van der Waals surface area contributed by atoms with E-state index in [1.165, 1.54) is 11.3 Å². The van der Waals surface area contributed by atoms with Crippen LogP contribution in [0.4, 0.5) is 5.69 Å². The predicted octanol–water partition coefficient (Wildman–Crippen LogP) is 2.31. The van der Waals surface area contributed by atoms with Gasteiger partial charge in [-0.3, -0.25) is 0 Å². The second-order valence-electron chi connectivity index (χ2n) is 4.70. The van der Waals surface area contributed by atoms with Crippen LogP contribution in [0.2, 0.25) is 0 Å². The molecule has 0 aliphatic heterocycles. The molecule has 0 radical (unpaired) electrons. The Morgan fingerprint density at radius 1 is 1.06 bits per heavy atom. The minimum atomic E-state index is 0.299. The molecular weight excluding hydrogens is 224 g/mol. The molecule has 102 valence electrons. The van der Waals surface area contributed by atoms with Crippen molar-refractivity contribution in [3.05, 3.63) is 29.8 Å². The van der Waals surface area contributed by atoms with Crippen LogP contribution in [0.25, 0.3) is 0 Å². The van der Waals surface area contributed by atoms with E-state index < -0.39 is 0 Å². The second kappa shape index (κ2) is 8.95. The molecule has 0 fully saturated rings. The molecule has 0 atom stereocenters. The Morgan fingerprint density at radius 3 is 2.44 bits per heavy atom. The van der Waals surface area contributed by atoms with Crippen LogP contribution in [0.3, 0.4) is 0 Å². The van der Waals surface area contributed by atoms with Gasteiger partial charge in [-0.2, -0.15) is 0 Å². The first kappa shape index (κ1) is 15.0. The van der Waals surface area contributed by atoms with Crippen molar-refractivity contribution in [2.75, 3.05) is 31.1 Å². The van der Waals surface area contributed by atoms with Crippen LogP contribution in [-0.4, -0.2) is 31.3 Å². The van der Waals surface area contributed by atoms with Gasteiger partial charge in [-0.05, 0) is 50.8 Å². The normalized spacial score (nSPS) is 10.6. The summed E-state index contributed by atoms with van der Waals surface area (Å²) in [5.74, 6) is 0. The summed E-state index contributed by atoms with van der Waals surface area (Å²) in [5, 5.41) is 8.80. The molecule has 1 aromatic carbocycles. The molecule has 3 nitrogen and oxygen atoms in total. The maximum atomic E-state index is 8.80. The van der Waals surface area contributed by atoms with E-state index in [0.717, 1.165) is 45.3 Å². The summed E-state index contributed by atoms with van der Waals surface area (Å²) in [6.45, 7) is 5.25. The number of aliphatic hydroxyl groups excluding tert-OH is 1. The van der Waals surface area contributed by atoms with Gasteiger partial charge in [-0.1, -0.05) is 18.2 Å². The fraction of sp³-hybridized carbons (Fsp3) is 0.600. The van der Waals surface area contributed by atoms with Crippen LogP contribution >= 0.6 is 0 Å². The quantitative estimate of drug-likeness (QED) is 0.661. The topological polar surface area (TPSA) is 49.5 Å². The summed E-state index contributed by atoms with van der Waals surface area (Å²) in [7, 11) is 0. The highest BCUT2D eigenvalue weighted by atomic mass is 16.2. The van der Waals surface area contributed by atoms with Crippen LogP contribution in [0.15, 0.2) is 24.3 Å². The van der Waals surface area contributed by atoms with Gasteiger partial charge in [0.15, 0.2) is 0 Å². The summed E-state index contributed by atoms with van der Waals surface area (Å²) in [6.07, 6.45) is 4.13. The van der Waals surface area contributed by atoms with E-state index in [2.05, 4.69) is 36.1 Å². The van der Waals surface area contributed by atoms with E-state index in [9.17, 15) is 0 Å². The lowest BCUT2D eigenvalue weighted by atomic mass is 10.1. The number of hydrogen-bond donors (Lipinski definition) is 2. The van der Waals surface area contributed by atoms with Crippen molar-refractivity contribution in [2.24, 2.45) is 5.73 Å². The second-order valence-corrected chi connectivity index (χ2v) is 4.70. The maximum Gasteiger partial charge on any atom is 0.0431 e. The number of anilines is 1. The summed E-state index contributed by atoms with van der Waals surface area (Å²) >= 11 is 0. The molecule has 0 bridgehead atoms. The predicted molar refractivity (Wildman–Crippen MR) is 78.0 cm³/mol. The number of hydrogen-bond acceptors (Lipinski definition) is 3. The highest BCUT2D eigenvalue weighted by molar-refractivity contribution is 5.52. The third kappa shape index (κ3) is 5.07. The molecular formula is C15H26N2O. The van der Waals surface area contributed by atoms with Gasteiger partial charge >= 0.3 is 0 Å². The van der Waals surface area contributed by atoms with E-state index in [-0.39, 0.29) is 0 Å². The number of nitrogens with zero attached hydrogens (tertiary/aromatic N) is 1. The van der Waals surface area contributed by atoms with Gasteiger partial charge in [-0.15, -0.1) is 0 Å². The van der Waals surface area contributed by atoms with Gasteiger partial charge < -0.3 is 15.7 Å².